The Morgan fingerprint density at radius 2 is 2.18 bits per heavy atom. The number of aliphatic hydroxyl groups is 1. The largest absolute Gasteiger partial charge is 0.387 e. The Balaban J connectivity index is 1.68. The van der Waals surface area contributed by atoms with Crippen LogP contribution in [0.1, 0.15) is 30.3 Å². The summed E-state index contributed by atoms with van der Waals surface area (Å²) in [7, 11) is 0. The summed E-state index contributed by atoms with van der Waals surface area (Å²) in [4.78, 5) is 2.15. The summed E-state index contributed by atoms with van der Waals surface area (Å²) >= 11 is 1.65. The van der Waals surface area contributed by atoms with Crippen molar-refractivity contribution in [3.8, 4) is 0 Å². The first-order chi connectivity index (χ1) is 10.6. The molecule has 1 N–H and O–H groups in total. The van der Waals surface area contributed by atoms with Crippen LogP contribution in [0.3, 0.4) is 0 Å². The molecule has 0 amide bonds. The third-order valence-corrected chi connectivity index (χ3v) is 4.65. The van der Waals surface area contributed by atoms with Crippen LogP contribution < -0.4 is 0 Å². The Labute approximate surface area is 134 Å². The van der Waals surface area contributed by atoms with E-state index >= 15 is 0 Å². The van der Waals surface area contributed by atoms with E-state index in [0.29, 0.717) is 18.7 Å². The van der Waals surface area contributed by atoms with Crippen LogP contribution in [0, 0.1) is 5.82 Å². The SMILES string of the molecule is CC1CN(CC(O)c2ccccc2F)CC(c2ccsc2)O1. The van der Waals surface area contributed by atoms with Crippen molar-refractivity contribution in [3.05, 3.63) is 58.0 Å². The number of morpholine rings is 1. The standard InChI is InChI=1S/C17H20FNO2S/c1-12-8-19(10-17(21-12)13-6-7-22-11-13)9-16(20)14-4-2-3-5-15(14)18/h2-7,11-12,16-17,20H,8-10H2,1H3. The topological polar surface area (TPSA) is 32.7 Å². The van der Waals surface area contributed by atoms with Gasteiger partial charge in [-0.25, -0.2) is 4.39 Å². The summed E-state index contributed by atoms with van der Waals surface area (Å²) in [5.74, 6) is -0.356. The molecule has 1 fully saturated rings. The number of ether oxygens (including phenoxy) is 1. The number of rotatable bonds is 4. The van der Waals surface area contributed by atoms with Gasteiger partial charge in [0.25, 0.3) is 0 Å². The van der Waals surface area contributed by atoms with Gasteiger partial charge in [-0.2, -0.15) is 11.3 Å². The van der Waals surface area contributed by atoms with E-state index in [0.717, 1.165) is 6.54 Å². The zero-order valence-electron chi connectivity index (χ0n) is 12.5. The van der Waals surface area contributed by atoms with Crippen LogP contribution >= 0.6 is 11.3 Å². The van der Waals surface area contributed by atoms with E-state index < -0.39 is 6.10 Å². The maximum Gasteiger partial charge on any atom is 0.129 e. The second kappa shape index (κ2) is 6.87. The van der Waals surface area contributed by atoms with Crippen LogP contribution in [0.15, 0.2) is 41.1 Å². The molecule has 0 radical (unpaired) electrons. The van der Waals surface area contributed by atoms with Gasteiger partial charge in [-0.3, -0.25) is 4.90 Å². The molecule has 1 aliphatic rings. The molecule has 0 spiro atoms. The van der Waals surface area contributed by atoms with Gasteiger partial charge in [0.15, 0.2) is 0 Å². The molecule has 0 aliphatic carbocycles. The molecule has 1 aromatic carbocycles. The van der Waals surface area contributed by atoms with Crippen molar-refractivity contribution in [1.82, 2.24) is 4.90 Å². The monoisotopic (exact) mass is 321 g/mol. The van der Waals surface area contributed by atoms with E-state index in [9.17, 15) is 9.50 Å². The maximum atomic E-state index is 13.8. The lowest BCUT2D eigenvalue weighted by Gasteiger charge is -2.37. The molecular formula is C17H20FNO2S. The number of β-amino-alcohol motifs (C(OH)–C–C–N with tert-alkyl or cyclic N) is 1. The lowest BCUT2D eigenvalue weighted by atomic mass is 10.1. The van der Waals surface area contributed by atoms with Crippen LogP contribution in [0.2, 0.25) is 0 Å². The fraction of sp³-hybridized carbons (Fsp3) is 0.412. The second-order valence-corrected chi connectivity index (χ2v) is 6.53. The van der Waals surface area contributed by atoms with Gasteiger partial charge in [0.1, 0.15) is 5.82 Å². The summed E-state index contributed by atoms with van der Waals surface area (Å²) in [6.07, 6.45) is -0.719. The van der Waals surface area contributed by atoms with Gasteiger partial charge in [-0.1, -0.05) is 18.2 Å². The predicted molar refractivity (Wildman–Crippen MR) is 85.4 cm³/mol. The van der Waals surface area contributed by atoms with E-state index in [1.165, 1.54) is 11.6 Å². The highest BCUT2D eigenvalue weighted by atomic mass is 32.1. The van der Waals surface area contributed by atoms with Gasteiger partial charge in [0.05, 0.1) is 18.3 Å². The highest BCUT2D eigenvalue weighted by molar-refractivity contribution is 7.07. The molecule has 2 aromatic rings. The Kier molecular flexibility index (Phi) is 4.88. The lowest BCUT2D eigenvalue weighted by Crippen LogP contribution is -2.44. The Bertz CT molecular complexity index is 604. The van der Waals surface area contributed by atoms with Crippen molar-refractivity contribution in [2.75, 3.05) is 19.6 Å². The van der Waals surface area contributed by atoms with Gasteiger partial charge in [0, 0.05) is 25.2 Å². The van der Waals surface area contributed by atoms with Gasteiger partial charge in [-0.05, 0) is 35.4 Å². The van der Waals surface area contributed by atoms with E-state index in [1.807, 2.05) is 12.3 Å². The van der Waals surface area contributed by atoms with E-state index in [1.54, 1.807) is 29.5 Å². The van der Waals surface area contributed by atoms with Gasteiger partial charge in [-0.15, -0.1) is 0 Å². The average Bonchev–Trinajstić information content (AvgIpc) is 3.01. The molecule has 0 saturated carbocycles. The maximum absolute atomic E-state index is 13.8. The average molecular weight is 321 g/mol. The molecule has 22 heavy (non-hydrogen) atoms. The minimum atomic E-state index is -0.824. The van der Waals surface area contributed by atoms with Crippen molar-refractivity contribution < 1.29 is 14.2 Å². The number of benzene rings is 1. The summed E-state index contributed by atoms with van der Waals surface area (Å²) < 4.78 is 19.8. The molecule has 3 atom stereocenters. The molecule has 0 bridgehead atoms. The number of nitrogens with zero attached hydrogens (tertiary/aromatic N) is 1. The van der Waals surface area contributed by atoms with Crippen LogP contribution in [-0.2, 0) is 4.74 Å². The van der Waals surface area contributed by atoms with Crippen molar-refractivity contribution in [3.63, 3.8) is 0 Å². The number of hydrogen-bond donors (Lipinski definition) is 1. The highest BCUT2D eigenvalue weighted by Gasteiger charge is 2.28. The number of halogens is 1. The number of thiophene rings is 1. The molecule has 1 aromatic heterocycles. The molecular weight excluding hydrogens is 301 g/mol. The van der Waals surface area contributed by atoms with Crippen LogP contribution in [-0.4, -0.2) is 35.7 Å². The minimum Gasteiger partial charge on any atom is -0.387 e. The zero-order valence-corrected chi connectivity index (χ0v) is 13.3. The second-order valence-electron chi connectivity index (χ2n) is 5.75. The fourth-order valence-corrected chi connectivity index (χ4v) is 3.62. The van der Waals surface area contributed by atoms with Gasteiger partial charge < -0.3 is 9.84 Å². The summed E-state index contributed by atoms with van der Waals surface area (Å²) in [5, 5.41) is 14.5. The molecule has 3 nitrogen and oxygen atoms in total. The molecule has 1 saturated heterocycles. The molecule has 118 valence electrons. The van der Waals surface area contributed by atoms with E-state index in [2.05, 4.69) is 16.3 Å². The van der Waals surface area contributed by atoms with Crippen molar-refractivity contribution in [1.29, 1.82) is 0 Å². The molecule has 2 heterocycles. The van der Waals surface area contributed by atoms with Crippen LogP contribution in [0.4, 0.5) is 4.39 Å². The van der Waals surface area contributed by atoms with Crippen LogP contribution in [0.5, 0.6) is 0 Å². The zero-order chi connectivity index (χ0) is 15.5. The molecule has 5 heteroatoms. The predicted octanol–water partition coefficient (Wildman–Crippen LogP) is 3.38. The quantitative estimate of drug-likeness (QED) is 0.937. The number of hydrogen-bond acceptors (Lipinski definition) is 4. The first-order valence-electron chi connectivity index (χ1n) is 7.46. The minimum absolute atomic E-state index is 0.0165. The first-order valence-corrected chi connectivity index (χ1v) is 8.40. The smallest absolute Gasteiger partial charge is 0.129 e. The lowest BCUT2D eigenvalue weighted by molar-refractivity contribution is -0.0869. The molecule has 1 aliphatic heterocycles. The van der Waals surface area contributed by atoms with Crippen molar-refractivity contribution in [2.45, 2.75) is 25.2 Å². The fourth-order valence-electron chi connectivity index (χ4n) is 2.92. The molecule has 3 unspecified atom stereocenters. The number of aliphatic hydroxyl groups excluding tert-OH is 1. The van der Waals surface area contributed by atoms with Crippen LogP contribution in [0.25, 0.3) is 0 Å². The normalized spacial score (nSPS) is 24.3. The first kappa shape index (κ1) is 15.6. The summed E-state index contributed by atoms with van der Waals surface area (Å²) in [5.41, 5.74) is 1.52. The highest BCUT2D eigenvalue weighted by Crippen LogP contribution is 2.28. The third kappa shape index (κ3) is 3.55. The third-order valence-electron chi connectivity index (χ3n) is 3.95. The van der Waals surface area contributed by atoms with Crippen molar-refractivity contribution in [2.24, 2.45) is 0 Å². The Morgan fingerprint density at radius 3 is 2.91 bits per heavy atom. The Hall–Kier alpha value is -1.27. The Morgan fingerprint density at radius 1 is 1.36 bits per heavy atom. The van der Waals surface area contributed by atoms with Gasteiger partial charge in [0.2, 0.25) is 0 Å². The van der Waals surface area contributed by atoms with E-state index in [-0.39, 0.29) is 18.0 Å². The van der Waals surface area contributed by atoms with E-state index in [4.69, 9.17) is 4.74 Å². The van der Waals surface area contributed by atoms with Gasteiger partial charge >= 0.3 is 0 Å². The summed E-state index contributed by atoms with van der Waals surface area (Å²) in [6, 6.07) is 8.47. The molecule has 3 rings (SSSR count). The van der Waals surface area contributed by atoms with Crippen molar-refractivity contribution >= 4 is 11.3 Å². The summed E-state index contributed by atoms with van der Waals surface area (Å²) in [6.45, 7) is 3.90.